The van der Waals surface area contributed by atoms with Crippen molar-refractivity contribution in [3.05, 3.63) is 70.0 Å². The van der Waals surface area contributed by atoms with Crippen molar-refractivity contribution in [2.75, 3.05) is 0 Å². The zero-order chi connectivity index (χ0) is 22.6. The number of aliphatic hydroxyl groups is 1. The lowest BCUT2D eigenvalue weighted by Gasteiger charge is -2.23. The molecule has 4 rings (SSSR count). The second-order valence-electron chi connectivity index (χ2n) is 7.51. The van der Waals surface area contributed by atoms with Crippen molar-refractivity contribution in [3.63, 3.8) is 0 Å². The molecular weight excluding hydrogens is 438 g/mol. The predicted molar refractivity (Wildman–Crippen MR) is 113 cm³/mol. The Kier molecular flexibility index (Phi) is 6.66. The summed E-state index contributed by atoms with van der Waals surface area (Å²) in [5, 5.41) is 26.5. The number of amides is 1. The van der Waals surface area contributed by atoms with Crippen LogP contribution in [0.2, 0.25) is 0 Å². The Labute approximate surface area is 187 Å². The largest absolute Gasteiger partial charge is 0.382 e. The Morgan fingerprint density at radius 1 is 1.31 bits per heavy atom. The van der Waals surface area contributed by atoms with Crippen LogP contribution in [0.3, 0.4) is 0 Å². The number of carbonyl (C=O) groups is 1. The van der Waals surface area contributed by atoms with Crippen molar-refractivity contribution in [1.82, 2.24) is 30.5 Å². The van der Waals surface area contributed by atoms with Gasteiger partial charge >= 0.3 is 5.92 Å². The van der Waals surface area contributed by atoms with Crippen molar-refractivity contribution < 1.29 is 18.7 Å². The number of hydrogen-bond donors (Lipinski definition) is 2. The number of thiazole rings is 1. The normalized spacial score (nSPS) is 18.0. The lowest BCUT2D eigenvalue weighted by atomic mass is 10.0. The van der Waals surface area contributed by atoms with Crippen LogP contribution in [0.25, 0.3) is 0 Å². The Hall–Kier alpha value is -3.05. The highest BCUT2D eigenvalue weighted by Gasteiger charge is 2.39. The zero-order valence-corrected chi connectivity index (χ0v) is 17.9. The number of carbonyl (C=O) groups excluding carboxylic acids is 1. The summed E-state index contributed by atoms with van der Waals surface area (Å²) < 4.78 is 29.0. The van der Waals surface area contributed by atoms with Crippen LogP contribution in [0, 0.1) is 0 Å². The van der Waals surface area contributed by atoms with E-state index in [9.17, 15) is 18.7 Å². The van der Waals surface area contributed by atoms with Gasteiger partial charge in [-0.15, -0.1) is 21.5 Å². The number of nitrogens with zero attached hydrogens (tertiary/aromatic N) is 5. The maximum atomic E-state index is 14.5. The molecule has 0 aliphatic carbocycles. The number of rotatable bonds is 9. The van der Waals surface area contributed by atoms with Gasteiger partial charge in [0.25, 0.3) is 0 Å². The van der Waals surface area contributed by atoms with E-state index in [1.165, 1.54) is 41.7 Å². The van der Waals surface area contributed by atoms with Crippen molar-refractivity contribution in [2.24, 2.45) is 0 Å². The van der Waals surface area contributed by atoms with Crippen LogP contribution in [0.5, 0.6) is 0 Å². The van der Waals surface area contributed by atoms with Crippen molar-refractivity contribution in [2.45, 2.75) is 50.3 Å². The molecule has 168 valence electrons. The molecule has 2 N–H and O–H groups in total. The van der Waals surface area contributed by atoms with Crippen LogP contribution in [0.1, 0.15) is 34.9 Å². The number of benzene rings is 1. The molecule has 11 heteroatoms. The topological polar surface area (TPSA) is 108 Å². The monoisotopic (exact) mass is 460 g/mol. The van der Waals surface area contributed by atoms with Gasteiger partial charge in [0.05, 0.1) is 18.3 Å². The number of hydrogen-bond acceptors (Lipinski definition) is 7. The standard InChI is InChI=1S/C21H22F2N6O2S/c22-21(23,14-4-2-1-3-5-14)17(30)9-7-16-8-11-20(31)29(16)12-19-24-15(13-32-19)6-10-18-25-27-28-26-18/h1-5,7,9,13,16-17,30H,6,8,10-12H2,(H,25,26,27,28)/t16-,17?/m0/s1. The van der Waals surface area contributed by atoms with E-state index in [0.717, 1.165) is 16.8 Å². The summed E-state index contributed by atoms with van der Waals surface area (Å²) in [5.74, 6) is -2.88. The molecule has 1 aliphatic rings. The van der Waals surface area contributed by atoms with E-state index in [-0.39, 0.29) is 17.5 Å². The fraction of sp³-hybridized carbons (Fsp3) is 0.381. The summed E-state index contributed by atoms with van der Waals surface area (Å²) in [6, 6.07) is 6.83. The molecule has 1 aliphatic heterocycles. The number of aromatic amines is 1. The minimum atomic E-state index is -3.42. The summed E-state index contributed by atoms with van der Waals surface area (Å²) in [7, 11) is 0. The van der Waals surface area contributed by atoms with Gasteiger partial charge in [0, 0.05) is 23.8 Å². The number of tetrazole rings is 1. The quantitative estimate of drug-likeness (QED) is 0.476. The summed E-state index contributed by atoms with van der Waals surface area (Å²) in [4.78, 5) is 18.5. The smallest absolute Gasteiger partial charge is 0.302 e. The minimum Gasteiger partial charge on any atom is -0.382 e. The number of aromatic nitrogens is 5. The molecule has 2 aromatic heterocycles. The molecule has 0 saturated carbocycles. The average molecular weight is 461 g/mol. The minimum absolute atomic E-state index is 0.0625. The zero-order valence-electron chi connectivity index (χ0n) is 17.1. The molecule has 0 radical (unpaired) electrons. The van der Waals surface area contributed by atoms with Gasteiger partial charge in [0.2, 0.25) is 5.91 Å². The van der Waals surface area contributed by atoms with Gasteiger partial charge in [0.1, 0.15) is 11.1 Å². The molecular formula is C21H22F2N6O2S. The first kappa shape index (κ1) is 22.2. The Bertz CT molecular complexity index is 1060. The first-order valence-electron chi connectivity index (χ1n) is 10.2. The molecule has 8 nitrogen and oxygen atoms in total. The summed E-state index contributed by atoms with van der Waals surface area (Å²) in [6.45, 7) is 0.298. The molecule has 3 aromatic rings. The van der Waals surface area contributed by atoms with Crippen LogP contribution in [0.4, 0.5) is 8.78 Å². The van der Waals surface area contributed by atoms with Crippen LogP contribution in [0.15, 0.2) is 47.9 Å². The fourth-order valence-corrected chi connectivity index (χ4v) is 4.38. The van der Waals surface area contributed by atoms with Gasteiger partial charge < -0.3 is 10.0 Å². The summed E-state index contributed by atoms with van der Waals surface area (Å²) >= 11 is 1.44. The van der Waals surface area contributed by atoms with Gasteiger partial charge in [-0.3, -0.25) is 4.79 Å². The van der Waals surface area contributed by atoms with E-state index in [1.54, 1.807) is 11.0 Å². The van der Waals surface area contributed by atoms with Crippen LogP contribution < -0.4 is 0 Å². The van der Waals surface area contributed by atoms with Crippen LogP contribution >= 0.6 is 11.3 Å². The molecule has 1 aromatic carbocycles. The van der Waals surface area contributed by atoms with E-state index in [1.807, 2.05) is 5.38 Å². The van der Waals surface area contributed by atoms with E-state index in [4.69, 9.17) is 0 Å². The van der Waals surface area contributed by atoms with Gasteiger partial charge in [-0.25, -0.2) is 4.98 Å². The second kappa shape index (κ2) is 9.61. The van der Waals surface area contributed by atoms with Crippen LogP contribution in [-0.4, -0.2) is 53.7 Å². The van der Waals surface area contributed by atoms with Gasteiger partial charge in [-0.1, -0.05) is 47.7 Å². The Morgan fingerprint density at radius 2 is 2.12 bits per heavy atom. The Balaban J connectivity index is 1.38. The van der Waals surface area contributed by atoms with Crippen LogP contribution in [-0.2, 0) is 30.1 Å². The SMILES string of the molecule is O=C1CC[C@H](C=CC(O)C(F)(F)c2ccccc2)N1Cc1nc(CCc2nn[nH]n2)cs1. The molecule has 2 atom stereocenters. The number of aliphatic hydroxyl groups excluding tert-OH is 1. The third-order valence-electron chi connectivity index (χ3n) is 5.32. The summed E-state index contributed by atoms with van der Waals surface area (Å²) in [6.07, 6.45) is 2.68. The van der Waals surface area contributed by atoms with Crippen molar-refractivity contribution >= 4 is 17.2 Å². The van der Waals surface area contributed by atoms with Crippen molar-refractivity contribution in [1.29, 1.82) is 0 Å². The first-order chi connectivity index (χ1) is 15.4. The molecule has 0 bridgehead atoms. The molecule has 1 fully saturated rings. The fourth-order valence-electron chi connectivity index (χ4n) is 3.56. The van der Waals surface area contributed by atoms with E-state index >= 15 is 0 Å². The van der Waals surface area contributed by atoms with E-state index in [0.29, 0.717) is 38.1 Å². The van der Waals surface area contributed by atoms with Crippen molar-refractivity contribution in [3.8, 4) is 0 Å². The van der Waals surface area contributed by atoms with Gasteiger partial charge in [-0.05, 0) is 12.8 Å². The predicted octanol–water partition coefficient (Wildman–Crippen LogP) is 2.64. The number of likely N-dealkylation sites (tertiary alicyclic amines) is 1. The van der Waals surface area contributed by atoms with E-state index < -0.39 is 12.0 Å². The highest BCUT2D eigenvalue weighted by molar-refractivity contribution is 7.09. The number of halogens is 2. The average Bonchev–Trinajstić information content (AvgIpc) is 3.55. The number of aryl methyl sites for hydroxylation is 2. The molecule has 0 spiro atoms. The maximum absolute atomic E-state index is 14.5. The summed E-state index contributed by atoms with van der Waals surface area (Å²) in [5.41, 5.74) is 0.610. The lowest BCUT2D eigenvalue weighted by molar-refractivity contribution is -0.129. The first-order valence-corrected chi connectivity index (χ1v) is 11.1. The highest BCUT2D eigenvalue weighted by atomic mass is 32.1. The second-order valence-corrected chi connectivity index (χ2v) is 8.45. The molecule has 1 saturated heterocycles. The number of alkyl halides is 2. The molecule has 1 amide bonds. The maximum Gasteiger partial charge on any atom is 0.302 e. The van der Waals surface area contributed by atoms with Gasteiger partial charge in [0.15, 0.2) is 5.82 Å². The van der Waals surface area contributed by atoms with E-state index in [2.05, 4.69) is 25.6 Å². The Morgan fingerprint density at radius 3 is 2.88 bits per heavy atom. The number of H-pyrrole nitrogens is 1. The molecule has 1 unspecified atom stereocenters. The molecule has 3 heterocycles. The molecule has 32 heavy (non-hydrogen) atoms. The lowest BCUT2D eigenvalue weighted by Crippen LogP contribution is -2.33. The highest BCUT2D eigenvalue weighted by Crippen LogP contribution is 2.33. The number of nitrogens with one attached hydrogen (secondary N) is 1. The third-order valence-corrected chi connectivity index (χ3v) is 6.20. The van der Waals surface area contributed by atoms with Gasteiger partial charge in [-0.2, -0.15) is 14.0 Å². The third kappa shape index (κ3) is 5.05.